The average molecular weight is 460 g/mol. The Balaban J connectivity index is 1.23. The lowest BCUT2D eigenvalue weighted by Gasteiger charge is -2.62. The van der Waals surface area contributed by atoms with Crippen LogP contribution in [0.3, 0.4) is 0 Å². The number of aromatic nitrogens is 1. The molecule has 178 valence electrons. The van der Waals surface area contributed by atoms with E-state index in [1.54, 1.807) is 6.20 Å². The Morgan fingerprint density at radius 1 is 1.15 bits per heavy atom. The number of piperidine rings is 1. The molecule has 1 aromatic rings. The SMILES string of the molecule is N#Cc1ccc(N2CCC(C3C=CC=C(C(N)=O)N3C3C4CC5CC3CC(O)(C5)C4)CC2)nc1. The van der Waals surface area contributed by atoms with Crippen LogP contribution in [0.15, 0.2) is 42.3 Å². The van der Waals surface area contributed by atoms with Gasteiger partial charge in [0.2, 0.25) is 0 Å². The molecule has 1 amide bonds. The van der Waals surface area contributed by atoms with Crippen molar-refractivity contribution in [3.8, 4) is 6.07 Å². The van der Waals surface area contributed by atoms with Crippen molar-refractivity contribution in [2.24, 2.45) is 29.4 Å². The van der Waals surface area contributed by atoms with Gasteiger partial charge in [-0.1, -0.05) is 12.2 Å². The maximum atomic E-state index is 12.6. The van der Waals surface area contributed by atoms with E-state index < -0.39 is 5.60 Å². The van der Waals surface area contributed by atoms with E-state index in [0.29, 0.717) is 34.9 Å². The Labute approximate surface area is 200 Å². The summed E-state index contributed by atoms with van der Waals surface area (Å²) in [6, 6.07) is 6.32. The number of carbonyl (C=O) groups excluding carboxylic acids is 1. The summed E-state index contributed by atoms with van der Waals surface area (Å²) in [4.78, 5) is 21.7. The van der Waals surface area contributed by atoms with Crippen LogP contribution in [0.25, 0.3) is 0 Å². The summed E-state index contributed by atoms with van der Waals surface area (Å²) < 4.78 is 0. The fourth-order valence-corrected chi connectivity index (χ4v) is 8.07. The van der Waals surface area contributed by atoms with Crippen molar-refractivity contribution in [3.63, 3.8) is 0 Å². The van der Waals surface area contributed by atoms with Gasteiger partial charge in [0, 0.05) is 25.3 Å². The zero-order valence-electron chi connectivity index (χ0n) is 19.5. The number of aliphatic hydroxyl groups is 1. The number of primary amides is 1. The van der Waals surface area contributed by atoms with Crippen LogP contribution in [0.4, 0.5) is 5.82 Å². The number of allylic oxidation sites excluding steroid dienone is 2. The largest absolute Gasteiger partial charge is 0.390 e. The Morgan fingerprint density at radius 2 is 1.88 bits per heavy atom. The molecule has 7 heteroatoms. The lowest BCUT2D eigenvalue weighted by atomic mass is 9.51. The molecule has 6 aliphatic rings. The molecule has 3 heterocycles. The van der Waals surface area contributed by atoms with Crippen molar-refractivity contribution in [3.05, 3.63) is 47.8 Å². The van der Waals surface area contributed by atoms with Gasteiger partial charge in [-0.15, -0.1) is 0 Å². The molecule has 0 radical (unpaired) electrons. The fourth-order valence-electron chi connectivity index (χ4n) is 8.07. The van der Waals surface area contributed by atoms with Gasteiger partial charge in [0.25, 0.3) is 5.91 Å². The molecule has 1 aromatic heterocycles. The van der Waals surface area contributed by atoms with Crippen molar-refractivity contribution in [2.75, 3.05) is 18.0 Å². The molecule has 3 unspecified atom stereocenters. The highest BCUT2D eigenvalue weighted by atomic mass is 16.3. The van der Waals surface area contributed by atoms with E-state index in [1.165, 1.54) is 0 Å². The highest BCUT2D eigenvalue weighted by Gasteiger charge is 2.57. The maximum Gasteiger partial charge on any atom is 0.265 e. The third-order valence-corrected chi connectivity index (χ3v) is 9.15. The molecule has 5 fully saturated rings. The Morgan fingerprint density at radius 3 is 2.47 bits per heavy atom. The summed E-state index contributed by atoms with van der Waals surface area (Å²) in [5.74, 6) is 2.48. The van der Waals surface area contributed by atoms with Crippen LogP contribution in [0.2, 0.25) is 0 Å². The summed E-state index contributed by atoms with van der Waals surface area (Å²) in [5.41, 5.74) is 6.65. The minimum atomic E-state index is -0.496. The third-order valence-electron chi connectivity index (χ3n) is 9.15. The van der Waals surface area contributed by atoms with E-state index >= 15 is 0 Å². The number of nitrogens with two attached hydrogens (primary N) is 1. The van der Waals surface area contributed by atoms with Gasteiger partial charge in [-0.3, -0.25) is 4.79 Å². The van der Waals surface area contributed by atoms with Crippen molar-refractivity contribution < 1.29 is 9.90 Å². The first-order valence-corrected chi connectivity index (χ1v) is 12.7. The van der Waals surface area contributed by atoms with Gasteiger partial charge in [0.15, 0.2) is 0 Å². The van der Waals surface area contributed by atoms with Crippen LogP contribution >= 0.6 is 0 Å². The zero-order valence-corrected chi connectivity index (χ0v) is 19.5. The van der Waals surface area contributed by atoms with Gasteiger partial charge < -0.3 is 20.6 Å². The van der Waals surface area contributed by atoms with Crippen LogP contribution in [0, 0.1) is 35.0 Å². The van der Waals surface area contributed by atoms with E-state index in [1.807, 2.05) is 24.3 Å². The summed E-state index contributed by atoms with van der Waals surface area (Å²) >= 11 is 0. The third kappa shape index (κ3) is 3.60. The number of anilines is 1. The second-order valence-electron chi connectivity index (χ2n) is 11.2. The molecule has 2 aliphatic heterocycles. The highest BCUT2D eigenvalue weighted by molar-refractivity contribution is 5.92. The molecule has 34 heavy (non-hydrogen) atoms. The molecule has 4 saturated carbocycles. The molecule has 1 saturated heterocycles. The molecule has 4 bridgehead atoms. The molecular formula is C27H33N5O2. The van der Waals surface area contributed by atoms with Gasteiger partial charge in [0.05, 0.1) is 17.2 Å². The molecule has 0 spiro atoms. The summed E-state index contributed by atoms with van der Waals surface area (Å²) in [5, 5.41) is 20.1. The number of pyridine rings is 1. The normalized spacial score (nSPS) is 36.9. The molecule has 7 nitrogen and oxygen atoms in total. The van der Waals surface area contributed by atoms with Crippen LogP contribution in [0.1, 0.15) is 50.5 Å². The van der Waals surface area contributed by atoms with Crippen LogP contribution in [-0.4, -0.2) is 51.7 Å². The number of hydrogen-bond donors (Lipinski definition) is 2. The Kier molecular flexibility index (Phi) is 5.18. The lowest BCUT2D eigenvalue weighted by Crippen LogP contribution is -2.64. The summed E-state index contributed by atoms with van der Waals surface area (Å²) in [7, 11) is 0. The monoisotopic (exact) mass is 459 g/mol. The second-order valence-corrected chi connectivity index (χ2v) is 11.2. The first-order valence-electron chi connectivity index (χ1n) is 12.7. The maximum absolute atomic E-state index is 12.6. The molecule has 7 rings (SSSR count). The Hall–Kier alpha value is -2.85. The van der Waals surface area contributed by atoms with Crippen LogP contribution in [-0.2, 0) is 4.79 Å². The average Bonchev–Trinajstić information content (AvgIpc) is 2.83. The van der Waals surface area contributed by atoms with Gasteiger partial charge in [-0.25, -0.2) is 4.98 Å². The smallest absolute Gasteiger partial charge is 0.265 e. The van der Waals surface area contributed by atoms with Crippen molar-refractivity contribution >= 4 is 11.7 Å². The molecular weight excluding hydrogens is 426 g/mol. The van der Waals surface area contributed by atoms with Gasteiger partial charge in [-0.2, -0.15) is 5.26 Å². The Bertz CT molecular complexity index is 1050. The van der Waals surface area contributed by atoms with Crippen molar-refractivity contribution in [1.29, 1.82) is 5.26 Å². The van der Waals surface area contributed by atoms with Gasteiger partial charge in [-0.05, 0) is 86.8 Å². The molecule has 3 atom stereocenters. The number of carbonyl (C=O) groups is 1. The minimum Gasteiger partial charge on any atom is -0.390 e. The first-order chi connectivity index (χ1) is 16.4. The predicted molar refractivity (Wildman–Crippen MR) is 128 cm³/mol. The van der Waals surface area contributed by atoms with E-state index in [0.717, 1.165) is 63.9 Å². The standard InChI is InChI=1S/C27H33N5O2/c28-15-17-4-5-24(30-16-17)31-8-6-19(7-9-31)22-2-1-3-23(26(29)33)32(22)25-20-10-18-11-21(25)14-27(34,12-18)13-20/h1-5,16,18-22,25,34H,6-14H2,(H2,29,33). The zero-order chi connectivity index (χ0) is 23.4. The van der Waals surface area contributed by atoms with Crippen molar-refractivity contribution in [2.45, 2.75) is 62.6 Å². The quantitative estimate of drug-likeness (QED) is 0.717. The van der Waals surface area contributed by atoms with E-state index in [4.69, 9.17) is 11.0 Å². The number of nitrogens with zero attached hydrogens (tertiary/aromatic N) is 4. The number of rotatable bonds is 4. The number of amides is 1. The summed E-state index contributed by atoms with van der Waals surface area (Å²) in [6.45, 7) is 1.80. The van der Waals surface area contributed by atoms with Crippen LogP contribution in [0.5, 0.6) is 0 Å². The van der Waals surface area contributed by atoms with Crippen LogP contribution < -0.4 is 10.6 Å². The lowest BCUT2D eigenvalue weighted by molar-refractivity contribution is -0.161. The van der Waals surface area contributed by atoms with E-state index in [9.17, 15) is 9.90 Å². The molecule has 0 aromatic carbocycles. The second kappa shape index (κ2) is 8.13. The predicted octanol–water partition coefficient (Wildman–Crippen LogP) is 2.72. The van der Waals surface area contributed by atoms with Gasteiger partial charge >= 0.3 is 0 Å². The van der Waals surface area contributed by atoms with Gasteiger partial charge in [0.1, 0.15) is 17.6 Å². The highest BCUT2D eigenvalue weighted by Crippen LogP contribution is 2.58. The first kappa shape index (κ1) is 21.7. The fraction of sp³-hybridized carbons (Fsp3) is 0.593. The number of nitriles is 1. The van der Waals surface area contributed by atoms with E-state index in [-0.39, 0.29) is 18.0 Å². The van der Waals surface area contributed by atoms with Crippen molar-refractivity contribution in [1.82, 2.24) is 9.88 Å². The number of hydrogen-bond acceptors (Lipinski definition) is 6. The topological polar surface area (TPSA) is 106 Å². The molecule has 4 aliphatic carbocycles. The summed E-state index contributed by atoms with van der Waals surface area (Å²) in [6.07, 6.45) is 14.8. The minimum absolute atomic E-state index is 0.153. The molecule has 3 N–H and O–H groups in total. The van der Waals surface area contributed by atoms with E-state index in [2.05, 4.69) is 26.9 Å².